The summed E-state index contributed by atoms with van der Waals surface area (Å²) in [5, 5.41) is 7.91. The smallest absolute Gasteiger partial charge is 0.361 e. The first-order chi connectivity index (χ1) is 11.8. The maximum absolute atomic E-state index is 13.0. The van der Waals surface area contributed by atoms with Crippen LogP contribution in [0.1, 0.15) is 47.2 Å². The number of rotatable bonds is 4. The molecule has 0 saturated carbocycles. The van der Waals surface area contributed by atoms with Gasteiger partial charge in [0.15, 0.2) is 10.8 Å². The number of thioether (sulfide) groups is 1. The Morgan fingerprint density at radius 3 is 2.64 bits per heavy atom. The Morgan fingerprint density at radius 2 is 2.00 bits per heavy atom. The normalized spacial score (nSPS) is 18.2. The lowest BCUT2D eigenvalue weighted by atomic mass is 9.93. The molecule has 2 heterocycles. The van der Waals surface area contributed by atoms with E-state index in [9.17, 15) is 9.59 Å². The van der Waals surface area contributed by atoms with Crippen molar-refractivity contribution in [1.29, 1.82) is 0 Å². The van der Waals surface area contributed by atoms with E-state index in [1.807, 2.05) is 45.0 Å². The molecule has 1 aliphatic rings. The van der Waals surface area contributed by atoms with Crippen LogP contribution in [0.25, 0.3) is 0 Å². The molecule has 132 valence electrons. The zero-order valence-electron chi connectivity index (χ0n) is 14.6. The molecule has 2 aromatic rings. The fourth-order valence-electron chi connectivity index (χ4n) is 2.62. The van der Waals surface area contributed by atoms with E-state index in [-0.39, 0.29) is 18.1 Å². The fourth-order valence-corrected chi connectivity index (χ4v) is 3.85. The molecule has 0 fully saturated rings. The Labute approximate surface area is 150 Å². The van der Waals surface area contributed by atoms with E-state index in [1.165, 1.54) is 16.6 Å². The number of hydrogen-bond donors (Lipinski definition) is 1. The lowest BCUT2D eigenvalue weighted by molar-refractivity contribution is 0.0514. The quantitative estimate of drug-likeness (QED) is 0.662. The predicted molar refractivity (Wildman–Crippen MR) is 94.6 cm³/mol. The number of benzene rings is 1. The number of fused-ring (bicyclic) bond motifs is 1. The van der Waals surface area contributed by atoms with E-state index in [2.05, 4.69) is 15.7 Å². The van der Waals surface area contributed by atoms with E-state index in [4.69, 9.17) is 4.74 Å². The SMILES string of the molecule is CCOC(=O)c1nnn2c1S[C@H](C(=O)c1ccc(C)cc1)C(C)(C)N2. The van der Waals surface area contributed by atoms with Gasteiger partial charge >= 0.3 is 5.97 Å². The second-order valence-corrected chi connectivity index (χ2v) is 7.53. The number of aryl methyl sites for hydroxylation is 1. The summed E-state index contributed by atoms with van der Waals surface area (Å²) in [6.07, 6.45) is 0. The highest BCUT2D eigenvalue weighted by molar-refractivity contribution is 8.00. The number of hydrogen-bond acceptors (Lipinski definition) is 7. The predicted octanol–water partition coefficient (Wildman–Crippen LogP) is 2.44. The fraction of sp³-hybridized carbons (Fsp3) is 0.412. The molecule has 1 aliphatic heterocycles. The van der Waals surface area contributed by atoms with E-state index >= 15 is 0 Å². The number of Topliss-reactive ketones (excluding diaryl/α,β-unsaturated/α-hetero) is 1. The third-order valence-electron chi connectivity index (χ3n) is 3.95. The van der Waals surface area contributed by atoms with Gasteiger partial charge in [-0.15, -0.1) is 5.10 Å². The number of esters is 1. The van der Waals surface area contributed by atoms with Gasteiger partial charge in [-0.3, -0.25) is 4.79 Å². The van der Waals surface area contributed by atoms with Crippen molar-refractivity contribution in [2.24, 2.45) is 0 Å². The highest BCUT2D eigenvalue weighted by atomic mass is 32.2. The summed E-state index contributed by atoms with van der Waals surface area (Å²) in [7, 11) is 0. The summed E-state index contributed by atoms with van der Waals surface area (Å²) >= 11 is 1.28. The van der Waals surface area contributed by atoms with Gasteiger partial charge in [0.25, 0.3) is 0 Å². The molecule has 0 amide bonds. The van der Waals surface area contributed by atoms with Gasteiger partial charge in [-0.2, -0.15) is 4.79 Å². The van der Waals surface area contributed by atoms with E-state index in [0.717, 1.165) is 5.56 Å². The van der Waals surface area contributed by atoms with Gasteiger partial charge < -0.3 is 10.2 Å². The zero-order chi connectivity index (χ0) is 18.2. The molecule has 0 unspecified atom stereocenters. The molecule has 7 nitrogen and oxygen atoms in total. The molecule has 0 saturated heterocycles. The molecule has 0 radical (unpaired) electrons. The minimum Gasteiger partial charge on any atom is -0.461 e. The zero-order valence-corrected chi connectivity index (χ0v) is 15.4. The molecule has 1 atom stereocenters. The summed E-state index contributed by atoms with van der Waals surface area (Å²) < 4.78 is 5.02. The minimum atomic E-state index is -0.570. The van der Waals surface area contributed by atoms with Crippen LogP contribution in [0.4, 0.5) is 0 Å². The monoisotopic (exact) mass is 360 g/mol. The summed E-state index contributed by atoms with van der Waals surface area (Å²) in [5.41, 5.74) is 4.44. The van der Waals surface area contributed by atoms with Crippen molar-refractivity contribution in [3.8, 4) is 0 Å². The summed E-state index contributed by atoms with van der Waals surface area (Å²) in [4.78, 5) is 26.5. The lowest BCUT2D eigenvalue weighted by Crippen LogP contribution is -2.53. The van der Waals surface area contributed by atoms with Crippen LogP contribution >= 0.6 is 11.8 Å². The second-order valence-electron chi connectivity index (χ2n) is 6.44. The Bertz CT molecular complexity index is 814. The van der Waals surface area contributed by atoms with Gasteiger partial charge in [-0.05, 0) is 32.9 Å². The van der Waals surface area contributed by atoms with Gasteiger partial charge in [-0.1, -0.05) is 41.6 Å². The highest BCUT2D eigenvalue weighted by Crippen LogP contribution is 2.38. The second kappa shape index (κ2) is 6.51. The van der Waals surface area contributed by atoms with E-state index < -0.39 is 16.8 Å². The van der Waals surface area contributed by atoms with Crippen LogP contribution in [0.15, 0.2) is 29.3 Å². The molecule has 8 heteroatoms. The van der Waals surface area contributed by atoms with Crippen LogP contribution in [0.3, 0.4) is 0 Å². The van der Waals surface area contributed by atoms with Crippen molar-refractivity contribution in [1.82, 2.24) is 15.1 Å². The molecule has 3 rings (SSSR count). The Morgan fingerprint density at radius 1 is 1.32 bits per heavy atom. The van der Waals surface area contributed by atoms with Crippen LogP contribution in [-0.2, 0) is 4.74 Å². The molecular weight excluding hydrogens is 340 g/mol. The van der Waals surface area contributed by atoms with Gasteiger partial charge in [0.05, 0.1) is 17.4 Å². The number of nitrogens with zero attached hydrogens (tertiary/aromatic N) is 3. The van der Waals surface area contributed by atoms with Crippen molar-refractivity contribution >= 4 is 23.5 Å². The Kier molecular flexibility index (Phi) is 4.55. The van der Waals surface area contributed by atoms with Gasteiger partial charge in [0.2, 0.25) is 5.69 Å². The first-order valence-corrected chi connectivity index (χ1v) is 8.90. The van der Waals surface area contributed by atoms with Crippen molar-refractivity contribution in [3.63, 3.8) is 0 Å². The van der Waals surface area contributed by atoms with Gasteiger partial charge in [0.1, 0.15) is 0 Å². The van der Waals surface area contributed by atoms with Crippen molar-refractivity contribution in [2.75, 3.05) is 12.0 Å². The van der Waals surface area contributed by atoms with E-state index in [0.29, 0.717) is 10.6 Å². The molecule has 25 heavy (non-hydrogen) atoms. The third kappa shape index (κ3) is 3.26. The number of ketones is 1. The highest BCUT2D eigenvalue weighted by Gasteiger charge is 2.43. The van der Waals surface area contributed by atoms with Gasteiger partial charge in [0, 0.05) is 5.56 Å². The number of carbonyl (C=O) groups is 2. The number of nitrogens with one attached hydrogen (secondary N) is 1. The maximum Gasteiger partial charge on any atom is 0.361 e. The first kappa shape index (κ1) is 17.5. The standard InChI is InChI=1S/C17H20N4O3S/c1-5-24-16(23)12-15-21(20-18-12)19-17(3,4)14(25-15)13(22)11-8-6-10(2)7-9-11/h6-9,14,19H,5H2,1-4H3/t14-/m1/s1. The summed E-state index contributed by atoms with van der Waals surface area (Å²) in [6, 6.07) is 7.48. The maximum atomic E-state index is 13.0. The van der Waals surface area contributed by atoms with Gasteiger partial charge in [-0.25, -0.2) is 4.79 Å². The molecule has 0 spiro atoms. The van der Waals surface area contributed by atoms with Crippen molar-refractivity contribution in [2.45, 2.75) is 43.5 Å². The lowest BCUT2D eigenvalue weighted by Gasteiger charge is -2.38. The van der Waals surface area contributed by atoms with Crippen LogP contribution in [0.5, 0.6) is 0 Å². The van der Waals surface area contributed by atoms with Crippen LogP contribution < -0.4 is 5.43 Å². The molecule has 0 bridgehead atoms. The average molecular weight is 360 g/mol. The minimum absolute atomic E-state index is 0.00948. The number of carbonyl (C=O) groups excluding carboxylic acids is 2. The molecule has 1 aromatic carbocycles. The number of ether oxygens (including phenoxy) is 1. The summed E-state index contributed by atoms with van der Waals surface area (Å²) in [6.45, 7) is 7.80. The molecular formula is C17H20N4O3S. The van der Waals surface area contributed by atoms with Crippen molar-refractivity contribution < 1.29 is 14.3 Å². The van der Waals surface area contributed by atoms with Crippen molar-refractivity contribution in [3.05, 3.63) is 41.1 Å². The molecule has 1 N–H and O–H groups in total. The first-order valence-electron chi connectivity index (χ1n) is 8.02. The molecule has 1 aromatic heterocycles. The largest absolute Gasteiger partial charge is 0.461 e. The summed E-state index contributed by atoms with van der Waals surface area (Å²) in [5.74, 6) is -0.552. The van der Waals surface area contributed by atoms with Crippen LogP contribution in [-0.4, -0.2) is 44.3 Å². The van der Waals surface area contributed by atoms with Crippen LogP contribution in [0.2, 0.25) is 0 Å². The number of aromatic nitrogens is 3. The Hall–Kier alpha value is -2.35. The van der Waals surface area contributed by atoms with E-state index in [1.54, 1.807) is 6.92 Å². The molecule has 0 aliphatic carbocycles. The third-order valence-corrected chi connectivity index (χ3v) is 5.58. The average Bonchev–Trinajstić information content (AvgIpc) is 2.95. The van der Waals surface area contributed by atoms with Crippen LogP contribution in [0, 0.1) is 6.92 Å². The topological polar surface area (TPSA) is 86.1 Å². The Balaban J connectivity index is 1.94.